The Morgan fingerprint density at radius 1 is 1.32 bits per heavy atom. The van der Waals surface area contributed by atoms with Crippen molar-refractivity contribution in [3.63, 3.8) is 0 Å². The Morgan fingerprint density at radius 3 is 2.63 bits per heavy atom. The minimum atomic E-state index is 0.411. The van der Waals surface area contributed by atoms with E-state index in [1.165, 1.54) is 37.1 Å². The molecule has 1 atom stereocenters. The van der Waals surface area contributed by atoms with Crippen molar-refractivity contribution < 1.29 is 4.74 Å². The second-order valence-electron chi connectivity index (χ2n) is 5.27. The molecular formula is C16H26N2O. The Labute approximate surface area is 116 Å². The Hall–Kier alpha value is -1.06. The summed E-state index contributed by atoms with van der Waals surface area (Å²) in [6.07, 6.45) is 4.67. The lowest BCUT2D eigenvalue weighted by Gasteiger charge is -2.29. The SMILES string of the molecule is CCc1ccc(OC)c(C(CCN)N2CCCC2)c1. The summed E-state index contributed by atoms with van der Waals surface area (Å²) in [5.74, 6) is 1.00. The zero-order valence-corrected chi connectivity index (χ0v) is 12.2. The summed E-state index contributed by atoms with van der Waals surface area (Å²) >= 11 is 0. The van der Waals surface area contributed by atoms with Crippen LogP contribution in [0.5, 0.6) is 5.75 Å². The lowest BCUT2D eigenvalue weighted by atomic mass is 9.98. The Morgan fingerprint density at radius 2 is 2.05 bits per heavy atom. The molecule has 0 spiro atoms. The first-order chi connectivity index (χ1) is 9.30. The number of hydrogen-bond acceptors (Lipinski definition) is 3. The number of nitrogens with zero attached hydrogens (tertiary/aromatic N) is 1. The van der Waals surface area contributed by atoms with E-state index in [0.29, 0.717) is 6.04 Å². The van der Waals surface area contributed by atoms with Crippen molar-refractivity contribution in [1.29, 1.82) is 0 Å². The molecule has 0 amide bonds. The molecule has 106 valence electrons. The van der Waals surface area contributed by atoms with E-state index in [1.807, 2.05) is 0 Å². The average molecular weight is 262 g/mol. The molecular weight excluding hydrogens is 236 g/mol. The number of aryl methyl sites for hydroxylation is 1. The molecule has 0 radical (unpaired) electrons. The van der Waals surface area contributed by atoms with Crippen LogP contribution < -0.4 is 10.5 Å². The minimum Gasteiger partial charge on any atom is -0.496 e. The lowest BCUT2D eigenvalue weighted by molar-refractivity contribution is 0.230. The highest BCUT2D eigenvalue weighted by Crippen LogP contribution is 2.34. The molecule has 1 aromatic carbocycles. The smallest absolute Gasteiger partial charge is 0.123 e. The van der Waals surface area contributed by atoms with Crippen LogP contribution in [0.1, 0.15) is 43.4 Å². The molecule has 1 fully saturated rings. The summed E-state index contributed by atoms with van der Waals surface area (Å²) in [6.45, 7) is 5.29. The molecule has 1 heterocycles. The zero-order valence-electron chi connectivity index (χ0n) is 12.2. The third-order valence-corrected chi connectivity index (χ3v) is 4.08. The van der Waals surface area contributed by atoms with Crippen LogP contribution in [0.4, 0.5) is 0 Å². The van der Waals surface area contributed by atoms with Gasteiger partial charge < -0.3 is 10.5 Å². The van der Waals surface area contributed by atoms with Gasteiger partial charge in [0.05, 0.1) is 7.11 Å². The summed E-state index contributed by atoms with van der Waals surface area (Å²) in [7, 11) is 1.76. The van der Waals surface area contributed by atoms with Crippen LogP contribution in [0.15, 0.2) is 18.2 Å². The lowest BCUT2D eigenvalue weighted by Crippen LogP contribution is -2.28. The van der Waals surface area contributed by atoms with Crippen LogP contribution in [0, 0.1) is 0 Å². The second kappa shape index (κ2) is 6.92. The van der Waals surface area contributed by atoms with Gasteiger partial charge in [0.25, 0.3) is 0 Å². The first-order valence-corrected chi connectivity index (χ1v) is 7.41. The van der Waals surface area contributed by atoms with Gasteiger partial charge in [0.15, 0.2) is 0 Å². The monoisotopic (exact) mass is 262 g/mol. The van der Waals surface area contributed by atoms with Gasteiger partial charge in [-0.05, 0) is 56.9 Å². The molecule has 0 aliphatic carbocycles. The van der Waals surface area contributed by atoms with Crippen LogP contribution in [0.2, 0.25) is 0 Å². The maximum Gasteiger partial charge on any atom is 0.123 e. The summed E-state index contributed by atoms with van der Waals surface area (Å²) in [5, 5.41) is 0. The number of hydrogen-bond donors (Lipinski definition) is 1. The first-order valence-electron chi connectivity index (χ1n) is 7.41. The first kappa shape index (κ1) is 14.4. The van der Waals surface area contributed by atoms with E-state index < -0.39 is 0 Å². The fraction of sp³-hybridized carbons (Fsp3) is 0.625. The van der Waals surface area contributed by atoms with Gasteiger partial charge in [-0.1, -0.05) is 19.1 Å². The van der Waals surface area contributed by atoms with Gasteiger partial charge in [0.2, 0.25) is 0 Å². The highest BCUT2D eigenvalue weighted by molar-refractivity contribution is 5.39. The van der Waals surface area contributed by atoms with Crippen LogP contribution in [-0.4, -0.2) is 31.6 Å². The van der Waals surface area contributed by atoms with E-state index >= 15 is 0 Å². The van der Waals surface area contributed by atoms with Gasteiger partial charge >= 0.3 is 0 Å². The van der Waals surface area contributed by atoms with Crippen LogP contribution in [0.3, 0.4) is 0 Å². The number of rotatable bonds is 6. The number of benzene rings is 1. The van der Waals surface area contributed by atoms with Gasteiger partial charge in [-0.25, -0.2) is 0 Å². The predicted octanol–water partition coefficient (Wildman–Crippen LogP) is 2.74. The van der Waals surface area contributed by atoms with Crippen LogP contribution in [-0.2, 0) is 6.42 Å². The molecule has 0 bridgehead atoms. The minimum absolute atomic E-state index is 0.411. The van der Waals surface area contributed by atoms with Gasteiger partial charge in [-0.3, -0.25) is 4.90 Å². The van der Waals surface area contributed by atoms with E-state index in [1.54, 1.807) is 7.11 Å². The van der Waals surface area contributed by atoms with Crippen molar-refractivity contribution in [1.82, 2.24) is 4.90 Å². The number of ether oxygens (including phenoxy) is 1. The normalized spacial score (nSPS) is 17.6. The standard InChI is InChI=1S/C16H26N2O/c1-3-13-6-7-16(19-2)14(12-13)15(8-9-17)18-10-4-5-11-18/h6-7,12,15H,3-5,8-11,17H2,1-2H3. The Kier molecular flexibility index (Phi) is 5.23. The maximum absolute atomic E-state index is 5.83. The van der Waals surface area contributed by atoms with E-state index in [2.05, 4.69) is 30.0 Å². The summed E-state index contributed by atoms with van der Waals surface area (Å²) in [5.41, 5.74) is 8.52. The molecule has 0 aromatic heterocycles. The van der Waals surface area contributed by atoms with Crippen LogP contribution >= 0.6 is 0 Å². The van der Waals surface area contributed by atoms with Crippen molar-refractivity contribution in [2.45, 2.75) is 38.6 Å². The highest BCUT2D eigenvalue weighted by atomic mass is 16.5. The van der Waals surface area contributed by atoms with Gasteiger partial charge in [-0.15, -0.1) is 0 Å². The van der Waals surface area contributed by atoms with E-state index in [9.17, 15) is 0 Å². The third-order valence-electron chi connectivity index (χ3n) is 4.08. The van der Waals surface area contributed by atoms with Crippen molar-refractivity contribution in [2.75, 3.05) is 26.7 Å². The molecule has 1 aliphatic rings. The number of nitrogens with two attached hydrogens (primary N) is 1. The quantitative estimate of drug-likeness (QED) is 0.856. The fourth-order valence-corrected chi connectivity index (χ4v) is 3.01. The third kappa shape index (κ3) is 3.28. The predicted molar refractivity (Wildman–Crippen MR) is 79.6 cm³/mol. The Balaban J connectivity index is 2.32. The molecule has 1 aromatic rings. The molecule has 0 saturated carbocycles. The maximum atomic E-state index is 5.83. The second-order valence-corrected chi connectivity index (χ2v) is 5.27. The molecule has 1 aliphatic heterocycles. The van der Waals surface area contributed by atoms with E-state index in [4.69, 9.17) is 10.5 Å². The van der Waals surface area contributed by atoms with Gasteiger partial charge in [0.1, 0.15) is 5.75 Å². The summed E-state index contributed by atoms with van der Waals surface area (Å²) < 4.78 is 5.56. The topological polar surface area (TPSA) is 38.5 Å². The van der Waals surface area contributed by atoms with Crippen molar-refractivity contribution in [2.24, 2.45) is 5.73 Å². The zero-order chi connectivity index (χ0) is 13.7. The van der Waals surface area contributed by atoms with E-state index in [0.717, 1.165) is 25.1 Å². The molecule has 3 nitrogen and oxygen atoms in total. The van der Waals surface area contributed by atoms with E-state index in [-0.39, 0.29) is 0 Å². The summed E-state index contributed by atoms with van der Waals surface area (Å²) in [6, 6.07) is 6.98. The molecule has 1 saturated heterocycles. The molecule has 19 heavy (non-hydrogen) atoms. The average Bonchev–Trinajstić information content (AvgIpc) is 2.98. The van der Waals surface area contributed by atoms with Gasteiger partial charge in [-0.2, -0.15) is 0 Å². The van der Waals surface area contributed by atoms with Crippen molar-refractivity contribution in [3.8, 4) is 5.75 Å². The van der Waals surface area contributed by atoms with Crippen LogP contribution in [0.25, 0.3) is 0 Å². The van der Waals surface area contributed by atoms with Crippen molar-refractivity contribution in [3.05, 3.63) is 29.3 Å². The number of methoxy groups -OCH3 is 1. The Bertz CT molecular complexity index is 400. The molecule has 1 unspecified atom stereocenters. The summed E-state index contributed by atoms with van der Waals surface area (Å²) in [4.78, 5) is 2.56. The van der Waals surface area contributed by atoms with Crippen molar-refractivity contribution >= 4 is 0 Å². The molecule has 2 rings (SSSR count). The molecule has 2 N–H and O–H groups in total. The fourth-order valence-electron chi connectivity index (χ4n) is 3.01. The van der Waals surface area contributed by atoms with Gasteiger partial charge in [0, 0.05) is 11.6 Å². The molecule has 3 heteroatoms. The highest BCUT2D eigenvalue weighted by Gasteiger charge is 2.25. The number of likely N-dealkylation sites (tertiary alicyclic amines) is 1. The largest absolute Gasteiger partial charge is 0.496 e.